The van der Waals surface area contributed by atoms with Gasteiger partial charge < -0.3 is 4.42 Å². The fourth-order valence-electron chi connectivity index (χ4n) is 3.90. The summed E-state index contributed by atoms with van der Waals surface area (Å²) in [5.41, 5.74) is 7.36. The predicted octanol–water partition coefficient (Wildman–Crippen LogP) is 4.79. The summed E-state index contributed by atoms with van der Waals surface area (Å²) in [5, 5.41) is 0. The summed E-state index contributed by atoms with van der Waals surface area (Å²) in [7, 11) is 4.21. The lowest BCUT2D eigenvalue weighted by Gasteiger charge is -2.04. The van der Waals surface area contributed by atoms with E-state index in [4.69, 9.17) is 9.40 Å². The first kappa shape index (κ1) is 15.8. The van der Waals surface area contributed by atoms with E-state index in [1.165, 1.54) is 16.6 Å². The first-order valence-electron chi connectivity index (χ1n) is 9.04. The molecule has 0 unspecified atom stereocenters. The Balaban J connectivity index is 1.84. The third-order valence-electron chi connectivity index (χ3n) is 5.25. The minimum Gasteiger partial charge on any atom is -0.436 e. The Bertz CT molecular complexity index is 1260. The van der Waals surface area contributed by atoms with Crippen molar-refractivity contribution in [3.8, 4) is 22.8 Å². The molecule has 0 saturated carbocycles. The molecule has 0 aliphatic heterocycles. The topological polar surface area (TPSA) is 34.8 Å². The molecule has 0 radical (unpaired) electrons. The van der Waals surface area contributed by atoms with Crippen LogP contribution >= 0.6 is 0 Å². The van der Waals surface area contributed by atoms with Gasteiger partial charge in [-0.3, -0.25) is 0 Å². The summed E-state index contributed by atoms with van der Waals surface area (Å²) in [4.78, 5) is 4.88. The standard InChI is InChI=1S/C23H20N3O/c1-15-13-14-19-21(24-22(27-19)16-9-5-4-6-10-16)20(15)23-25(2)17-11-7-8-12-18(17)26(23)3/h4-14H,1-3H3/q+1. The number of benzene rings is 3. The molecule has 4 heteroatoms. The van der Waals surface area contributed by atoms with E-state index in [0.717, 1.165) is 28.1 Å². The number of nitrogens with zero attached hydrogens (tertiary/aromatic N) is 3. The highest BCUT2D eigenvalue weighted by Crippen LogP contribution is 2.34. The highest BCUT2D eigenvalue weighted by molar-refractivity contribution is 5.93. The molecule has 3 aromatic carbocycles. The van der Waals surface area contributed by atoms with Crippen LogP contribution in [-0.2, 0) is 14.1 Å². The lowest BCUT2D eigenvalue weighted by atomic mass is 10.1. The third kappa shape index (κ3) is 2.30. The van der Waals surface area contributed by atoms with Gasteiger partial charge in [-0.15, -0.1) is 0 Å². The van der Waals surface area contributed by atoms with E-state index in [9.17, 15) is 0 Å². The molecule has 0 bridgehead atoms. The van der Waals surface area contributed by atoms with Gasteiger partial charge in [-0.2, -0.15) is 0 Å². The van der Waals surface area contributed by atoms with Gasteiger partial charge in [-0.1, -0.05) is 36.4 Å². The Morgan fingerprint density at radius 3 is 2.44 bits per heavy atom. The molecular weight excluding hydrogens is 334 g/mol. The van der Waals surface area contributed by atoms with Crippen molar-refractivity contribution in [1.29, 1.82) is 0 Å². The molecule has 0 aliphatic rings. The molecular formula is C23H20N3O+. The monoisotopic (exact) mass is 354 g/mol. The van der Waals surface area contributed by atoms with Crippen molar-refractivity contribution in [1.82, 2.24) is 9.55 Å². The molecule has 0 saturated heterocycles. The van der Waals surface area contributed by atoms with Gasteiger partial charge in [0.05, 0.1) is 19.7 Å². The van der Waals surface area contributed by atoms with Crippen LogP contribution in [0.2, 0.25) is 0 Å². The second-order valence-electron chi connectivity index (χ2n) is 6.92. The molecule has 0 fully saturated rings. The van der Waals surface area contributed by atoms with E-state index in [1.807, 2.05) is 36.4 Å². The summed E-state index contributed by atoms with van der Waals surface area (Å²) in [5.74, 6) is 1.77. The molecule has 5 rings (SSSR count). The molecule has 0 amide bonds. The molecule has 4 nitrogen and oxygen atoms in total. The normalized spacial score (nSPS) is 11.5. The predicted molar refractivity (Wildman–Crippen MR) is 107 cm³/mol. The Kier molecular flexibility index (Phi) is 3.41. The third-order valence-corrected chi connectivity index (χ3v) is 5.25. The van der Waals surface area contributed by atoms with Gasteiger partial charge in [-0.05, 0) is 42.8 Å². The largest absolute Gasteiger partial charge is 0.436 e. The Labute approximate surface area is 157 Å². The van der Waals surface area contributed by atoms with Crippen molar-refractivity contribution in [3.63, 3.8) is 0 Å². The number of hydrogen-bond donors (Lipinski definition) is 0. The van der Waals surface area contributed by atoms with Gasteiger partial charge in [0.2, 0.25) is 5.89 Å². The smallest absolute Gasteiger partial charge is 0.292 e. The maximum Gasteiger partial charge on any atom is 0.292 e. The van der Waals surface area contributed by atoms with Crippen LogP contribution in [0.25, 0.3) is 45.0 Å². The average molecular weight is 354 g/mol. The molecule has 0 aliphatic carbocycles. The minimum atomic E-state index is 0.652. The number of hydrogen-bond acceptors (Lipinski definition) is 2. The van der Waals surface area contributed by atoms with Crippen LogP contribution in [0.15, 0.2) is 71.1 Å². The van der Waals surface area contributed by atoms with Gasteiger partial charge in [-0.25, -0.2) is 14.1 Å². The van der Waals surface area contributed by atoms with Gasteiger partial charge in [0.1, 0.15) is 5.52 Å². The van der Waals surface area contributed by atoms with Crippen molar-refractivity contribution in [2.75, 3.05) is 0 Å². The zero-order valence-corrected chi connectivity index (χ0v) is 15.6. The number of fused-ring (bicyclic) bond motifs is 2. The summed E-state index contributed by atoms with van der Waals surface area (Å²) in [6.45, 7) is 2.13. The second kappa shape index (κ2) is 5.81. The van der Waals surface area contributed by atoms with Crippen LogP contribution in [0.5, 0.6) is 0 Å². The highest BCUT2D eigenvalue weighted by Gasteiger charge is 2.27. The lowest BCUT2D eigenvalue weighted by Crippen LogP contribution is -2.30. The van der Waals surface area contributed by atoms with Crippen LogP contribution in [0.3, 0.4) is 0 Å². The van der Waals surface area contributed by atoms with E-state index in [1.54, 1.807) is 0 Å². The maximum atomic E-state index is 6.10. The van der Waals surface area contributed by atoms with E-state index in [-0.39, 0.29) is 0 Å². The Morgan fingerprint density at radius 2 is 1.67 bits per heavy atom. The van der Waals surface area contributed by atoms with Crippen LogP contribution in [0.4, 0.5) is 0 Å². The van der Waals surface area contributed by atoms with Crippen LogP contribution < -0.4 is 4.57 Å². The molecule has 2 aromatic heterocycles. The number of imidazole rings is 1. The first-order chi connectivity index (χ1) is 13.1. The number of rotatable bonds is 2. The van der Waals surface area contributed by atoms with Crippen molar-refractivity contribution in [2.24, 2.45) is 14.1 Å². The summed E-state index contributed by atoms with van der Waals surface area (Å²) < 4.78 is 10.6. The van der Waals surface area contributed by atoms with Crippen molar-refractivity contribution >= 4 is 22.1 Å². The molecule has 27 heavy (non-hydrogen) atoms. The molecule has 0 atom stereocenters. The van der Waals surface area contributed by atoms with Gasteiger partial charge in [0.15, 0.2) is 16.6 Å². The van der Waals surface area contributed by atoms with Crippen molar-refractivity contribution < 1.29 is 8.98 Å². The van der Waals surface area contributed by atoms with Crippen molar-refractivity contribution in [3.05, 3.63) is 72.3 Å². The number of aromatic nitrogens is 3. The molecule has 0 N–H and O–H groups in total. The van der Waals surface area contributed by atoms with E-state index in [2.05, 4.69) is 60.5 Å². The second-order valence-corrected chi connectivity index (χ2v) is 6.92. The quantitative estimate of drug-likeness (QED) is 0.427. The van der Waals surface area contributed by atoms with Gasteiger partial charge in [0, 0.05) is 5.56 Å². The summed E-state index contributed by atoms with van der Waals surface area (Å²) in [6.07, 6.45) is 0. The van der Waals surface area contributed by atoms with E-state index < -0.39 is 0 Å². The van der Waals surface area contributed by atoms with Gasteiger partial charge >= 0.3 is 0 Å². The number of para-hydroxylation sites is 2. The first-order valence-corrected chi connectivity index (χ1v) is 9.04. The summed E-state index contributed by atoms with van der Waals surface area (Å²) in [6, 6.07) is 22.6. The van der Waals surface area contributed by atoms with E-state index in [0.29, 0.717) is 5.89 Å². The average Bonchev–Trinajstić information content (AvgIpc) is 3.24. The van der Waals surface area contributed by atoms with Crippen LogP contribution in [0.1, 0.15) is 5.56 Å². The van der Waals surface area contributed by atoms with Crippen molar-refractivity contribution in [2.45, 2.75) is 6.92 Å². The zero-order valence-electron chi connectivity index (χ0n) is 15.6. The zero-order chi connectivity index (χ0) is 18.5. The molecule has 2 heterocycles. The fourth-order valence-corrected chi connectivity index (χ4v) is 3.90. The molecule has 5 aromatic rings. The van der Waals surface area contributed by atoms with E-state index >= 15 is 0 Å². The lowest BCUT2D eigenvalue weighted by molar-refractivity contribution is -0.634. The van der Waals surface area contributed by atoms with Crippen LogP contribution in [0, 0.1) is 6.92 Å². The Hall–Kier alpha value is -3.40. The molecule has 0 spiro atoms. The van der Waals surface area contributed by atoms with Gasteiger partial charge in [0.25, 0.3) is 5.82 Å². The van der Waals surface area contributed by atoms with Crippen LogP contribution in [-0.4, -0.2) is 9.55 Å². The number of aryl methyl sites for hydroxylation is 3. The number of oxazole rings is 1. The Morgan fingerprint density at radius 1 is 0.926 bits per heavy atom. The SMILES string of the molecule is Cc1ccc2oc(-c3ccccc3)nc2c1-c1n(C)c2ccccc2[n+]1C. The molecule has 132 valence electrons. The maximum absolute atomic E-state index is 6.10. The minimum absolute atomic E-state index is 0.652. The summed E-state index contributed by atoms with van der Waals surface area (Å²) >= 11 is 0. The fraction of sp³-hybridized carbons (Fsp3) is 0.130. The highest BCUT2D eigenvalue weighted by atomic mass is 16.3.